The van der Waals surface area contributed by atoms with Crippen molar-refractivity contribution in [2.45, 2.75) is 13.1 Å². The van der Waals surface area contributed by atoms with Gasteiger partial charge in [-0.2, -0.15) is 23.4 Å². The van der Waals surface area contributed by atoms with Gasteiger partial charge in [0.15, 0.2) is 11.5 Å². The van der Waals surface area contributed by atoms with Gasteiger partial charge in [-0.15, -0.1) is 0 Å². The van der Waals surface area contributed by atoms with Crippen LogP contribution >= 0.6 is 0 Å². The number of aryl methyl sites for hydroxylation is 1. The lowest BCUT2D eigenvalue weighted by Gasteiger charge is -2.16. The Labute approximate surface area is 183 Å². The van der Waals surface area contributed by atoms with Crippen LogP contribution in [0.1, 0.15) is 21.7 Å². The third-order valence-corrected chi connectivity index (χ3v) is 4.72. The number of carbonyl (C=O) groups is 1. The second-order valence-electron chi connectivity index (χ2n) is 7.00. The Morgan fingerprint density at radius 1 is 1.03 bits per heavy atom. The molecule has 168 valence electrons. The van der Waals surface area contributed by atoms with Gasteiger partial charge in [0.25, 0.3) is 5.91 Å². The number of para-hydroxylation sites is 1. The van der Waals surface area contributed by atoms with Crippen molar-refractivity contribution in [1.29, 1.82) is 0 Å². The maximum Gasteiger partial charge on any atom is 0.418 e. The van der Waals surface area contributed by atoms with Gasteiger partial charge in [0.1, 0.15) is 5.69 Å². The van der Waals surface area contributed by atoms with E-state index in [1.807, 2.05) is 0 Å². The summed E-state index contributed by atoms with van der Waals surface area (Å²) in [5, 5.41) is 10.1. The van der Waals surface area contributed by atoms with E-state index in [1.54, 1.807) is 6.07 Å². The molecule has 0 bridgehead atoms. The second-order valence-corrected chi connectivity index (χ2v) is 7.00. The summed E-state index contributed by atoms with van der Waals surface area (Å²) in [6.07, 6.45) is -1.67. The molecule has 0 unspecified atom stereocenters. The minimum atomic E-state index is -4.68. The average Bonchev–Trinajstić information content (AvgIpc) is 3.28. The van der Waals surface area contributed by atoms with Crippen molar-refractivity contribution in [1.82, 2.24) is 19.6 Å². The van der Waals surface area contributed by atoms with Gasteiger partial charge in [-0.1, -0.05) is 12.1 Å². The molecule has 11 heteroatoms. The predicted octanol–water partition coefficient (Wildman–Crippen LogP) is 4.14. The highest BCUT2D eigenvalue weighted by molar-refractivity contribution is 6.02. The molecule has 0 aliphatic carbocycles. The van der Waals surface area contributed by atoms with E-state index >= 15 is 0 Å². The highest BCUT2D eigenvalue weighted by Crippen LogP contribution is 2.33. The summed E-state index contributed by atoms with van der Waals surface area (Å²) in [6.45, 7) is 1.40. The number of aromatic nitrogens is 4. The Bertz CT molecular complexity index is 1390. The molecule has 4 aromatic rings. The monoisotopic (exact) mass is 457 g/mol. The van der Waals surface area contributed by atoms with Crippen molar-refractivity contribution in [2.24, 2.45) is 0 Å². The molecular formula is C22H15F4N5O2. The Hall–Kier alpha value is -4.28. The summed E-state index contributed by atoms with van der Waals surface area (Å²) in [5.41, 5.74) is -2.50. The number of halogens is 4. The van der Waals surface area contributed by atoms with Crippen LogP contribution in [0.25, 0.3) is 11.4 Å². The van der Waals surface area contributed by atoms with Crippen molar-refractivity contribution in [2.75, 3.05) is 5.32 Å². The van der Waals surface area contributed by atoms with Crippen molar-refractivity contribution in [3.63, 3.8) is 0 Å². The van der Waals surface area contributed by atoms with E-state index in [1.165, 1.54) is 54.3 Å². The highest BCUT2D eigenvalue weighted by Gasteiger charge is 2.34. The Morgan fingerprint density at radius 2 is 1.79 bits per heavy atom. The molecule has 2 aromatic heterocycles. The number of hydrogen-bond donors (Lipinski definition) is 1. The number of nitrogens with one attached hydrogen (secondary N) is 1. The number of nitrogens with zero attached hydrogens (tertiary/aromatic N) is 4. The van der Waals surface area contributed by atoms with E-state index in [4.69, 9.17) is 0 Å². The van der Waals surface area contributed by atoms with Crippen LogP contribution in [0.5, 0.6) is 0 Å². The zero-order chi connectivity index (χ0) is 23.8. The van der Waals surface area contributed by atoms with Crippen LogP contribution in [0, 0.1) is 12.7 Å². The second kappa shape index (κ2) is 8.34. The molecule has 4 rings (SSSR count). The maximum atomic E-state index is 14.4. The standard InChI is InChI=1S/C22H15F4N5O2/c1-13-11-19(32)20(29-31(13)17-6-3-2-5-15(17)22(24,25)26)21(33)28-14-7-8-18(16(23)12-14)30-10-4-9-27-30/h2-12H,1H3,(H,28,33). The summed E-state index contributed by atoms with van der Waals surface area (Å²) in [5.74, 6) is -1.69. The molecule has 33 heavy (non-hydrogen) atoms. The number of rotatable bonds is 4. The fraction of sp³-hybridized carbons (Fsp3) is 0.0909. The number of alkyl halides is 3. The topological polar surface area (TPSA) is 81.8 Å². The molecule has 0 spiro atoms. The average molecular weight is 457 g/mol. The van der Waals surface area contributed by atoms with E-state index < -0.39 is 34.6 Å². The van der Waals surface area contributed by atoms with Crippen LogP contribution in [0.2, 0.25) is 0 Å². The first-order valence-electron chi connectivity index (χ1n) is 9.53. The van der Waals surface area contributed by atoms with Gasteiger partial charge in [-0.3, -0.25) is 9.59 Å². The SMILES string of the molecule is Cc1cc(=O)c(C(=O)Nc2ccc(-n3cccn3)c(F)c2)nn1-c1ccccc1C(F)(F)F. The van der Waals surface area contributed by atoms with Gasteiger partial charge in [-0.25, -0.2) is 13.8 Å². The zero-order valence-electron chi connectivity index (χ0n) is 17.0. The van der Waals surface area contributed by atoms with Crippen molar-refractivity contribution >= 4 is 11.6 Å². The molecule has 0 aliphatic rings. The summed E-state index contributed by atoms with van der Waals surface area (Å²) in [4.78, 5) is 25.1. The van der Waals surface area contributed by atoms with Gasteiger partial charge in [0.05, 0.1) is 11.3 Å². The molecule has 0 saturated heterocycles. The molecule has 0 saturated carbocycles. The summed E-state index contributed by atoms with van der Waals surface area (Å²) in [7, 11) is 0. The number of benzene rings is 2. The highest BCUT2D eigenvalue weighted by atomic mass is 19.4. The van der Waals surface area contributed by atoms with Gasteiger partial charge in [0, 0.05) is 29.8 Å². The fourth-order valence-corrected chi connectivity index (χ4v) is 3.22. The minimum absolute atomic E-state index is 0.0254. The predicted molar refractivity (Wildman–Crippen MR) is 111 cm³/mol. The normalized spacial score (nSPS) is 11.4. The first-order chi connectivity index (χ1) is 15.6. The lowest BCUT2D eigenvalue weighted by molar-refractivity contribution is -0.137. The first kappa shape index (κ1) is 21.9. The van der Waals surface area contributed by atoms with Crippen LogP contribution < -0.4 is 10.7 Å². The largest absolute Gasteiger partial charge is 0.418 e. The van der Waals surface area contributed by atoms with Crippen molar-refractivity contribution < 1.29 is 22.4 Å². The fourth-order valence-electron chi connectivity index (χ4n) is 3.22. The minimum Gasteiger partial charge on any atom is -0.320 e. The van der Waals surface area contributed by atoms with Crippen LogP contribution in [0.3, 0.4) is 0 Å². The molecule has 0 fully saturated rings. The van der Waals surface area contributed by atoms with E-state index in [9.17, 15) is 27.2 Å². The summed E-state index contributed by atoms with van der Waals surface area (Å²) >= 11 is 0. The van der Waals surface area contributed by atoms with Crippen LogP contribution in [-0.2, 0) is 6.18 Å². The number of carbonyl (C=O) groups excluding carboxylic acids is 1. The lowest BCUT2D eigenvalue weighted by atomic mass is 10.1. The smallest absolute Gasteiger partial charge is 0.320 e. The Balaban J connectivity index is 1.69. The van der Waals surface area contributed by atoms with Gasteiger partial charge >= 0.3 is 6.18 Å². The van der Waals surface area contributed by atoms with Crippen molar-refractivity contribution in [3.8, 4) is 11.4 Å². The van der Waals surface area contributed by atoms with Crippen molar-refractivity contribution in [3.05, 3.63) is 100.0 Å². The molecule has 1 amide bonds. The quantitative estimate of drug-likeness (QED) is 0.467. The third kappa shape index (κ3) is 4.38. The Morgan fingerprint density at radius 3 is 2.45 bits per heavy atom. The third-order valence-electron chi connectivity index (χ3n) is 4.72. The molecular weight excluding hydrogens is 442 g/mol. The zero-order valence-corrected chi connectivity index (χ0v) is 17.0. The number of hydrogen-bond acceptors (Lipinski definition) is 4. The number of anilines is 1. The molecule has 0 aliphatic heterocycles. The van der Waals surface area contributed by atoms with E-state index in [0.29, 0.717) is 0 Å². The molecule has 7 nitrogen and oxygen atoms in total. The van der Waals surface area contributed by atoms with Crippen LogP contribution in [-0.4, -0.2) is 25.5 Å². The van der Waals surface area contributed by atoms with Gasteiger partial charge in [-0.05, 0) is 43.3 Å². The van der Waals surface area contributed by atoms with E-state index in [0.717, 1.165) is 22.9 Å². The maximum absolute atomic E-state index is 14.4. The Kier molecular flexibility index (Phi) is 5.54. The molecule has 0 radical (unpaired) electrons. The molecule has 1 N–H and O–H groups in total. The van der Waals surface area contributed by atoms with Crippen LogP contribution in [0.4, 0.5) is 23.2 Å². The van der Waals surface area contributed by atoms with Gasteiger partial charge in [0.2, 0.25) is 5.43 Å². The first-order valence-corrected chi connectivity index (χ1v) is 9.53. The molecule has 0 atom stereocenters. The molecule has 2 heterocycles. The van der Waals surface area contributed by atoms with Crippen LogP contribution in [0.15, 0.2) is 71.8 Å². The lowest BCUT2D eigenvalue weighted by Crippen LogP contribution is -2.27. The summed E-state index contributed by atoms with van der Waals surface area (Å²) < 4.78 is 56.9. The van der Waals surface area contributed by atoms with E-state index in [2.05, 4.69) is 15.5 Å². The number of amides is 1. The molecule has 2 aromatic carbocycles. The van der Waals surface area contributed by atoms with E-state index in [-0.39, 0.29) is 22.8 Å². The summed E-state index contributed by atoms with van der Waals surface area (Å²) in [6, 6.07) is 11.1. The van der Waals surface area contributed by atoms with Gasteiger partial charge < -0.3 is 5.32 Å².